The molecule has 1 saturated heterocycles. The van der Waals surface area contributed by atoms with Crippen LogP contribution in [0.1, 0.15) is 31.9 Å². The Bertz CT molecular complexity index is 1920. The number of methoxy groups -OCH3 is 1. The molecule has 0 spiro atoms. The highest BCUT2D eigenvalue weighted by Gasteiger charge is 2.25. The van der Waals surface area contributed by atoms with Crippen LogP contribution in [0.2, 0.25) is 0 Å². The number of oxime groups is 1. The van der Waals surface area contributed by atoms with Crippen LogP contribution in [0.25, 0.3) is 10.8 Å². The molecule has 0 aliphatic carbocycles. The molecule has 1 fully saturated rings. The average molecular weight is 663 g/mol. The number of carbonyl (C=O) groups is 1. The number of hydrogen-bond acceptors (Lipinski definition) is 11. The van der Waals surface area contributed by atoms with Crippen molar-refractivity contribution in [3.63, 3.8) is 0 Å². The van der Waals surface area contributed by atoms with E-state index in [-0.39, 0.29) is 28.3 Å². The second-order valence-corrected chi connectivity index (χ2v) is 13.6. The van der Waals surface area contributed by atoms with Crippen molar-refractivity contribution in [1.82, 2.24) is 9.97 Å². The molecule has 47 heavy (non-hydrogen) atoms. The number of nitrogens with one attached hydrogen (secondary N) is 2. The number of aromatic nitrogens is 2. The minimum Gasteiger partial charge on any atom is -0.492 e. The van der Waals surface area contributed by atoms with Crippen molar-refractivity contribution in [2.24, 2.45) is 5.16 Å². The number of ether oxygens (including phenoxy) is 3. The van der Waals surface area contributed by atoms with Crippen LogP contribution < -0.4 is 24.4 Å². The average Bonchev–Trinajstić information content (AvgIpc) is 3.03. The summed E-state index contributed by atoms with van der Waals surface area (Å²) in [6.07, 6.45) is 2.70. The molecule has 1 aromatic heterocycles. The van der Waals surface area contributed by atoms with Gasteiger partial charge in [-0.05, 0) is 40.6 Å². The van der Waals surface area contributed by atoms with Crippen molar-refractivity contribution in [3.05, 3.63) is 71.9 Å². The second-order valence-electron chi connectivity index (χ2n) is 11.9. The molecule has 1 aliphatic heterocycles. The zero-order valence-electron chi connectivity index (χ0n) is 27.2. The Morgan fingerprint density at radius 2 is 1.70 bits per heavy atom. The maximum absolute atomic E-state index is 14.0. The Labute approximate surface area is 273 Å². The highest BCUT2D eigenvalue weighted by atomic mass is 32.2. The Kier molecular flexibility index (Phi) is 9.82. The molecule has 3 aromatic carbocycles. The number of benzene rings is 3. The van der Waals surface area contributed by atoms with E-state index in [9.17, 15) is 13.2 Å². The topological polar surface area (TPSA) is 154 Å². The lowest BCUT2D eigenvalue weighted by Crippen LogP contribution is -2.37. The first-order valence-electron chi connectivity index (χ1n) is 14.9. The van der Waals surface area contributed by atoms with Crippen LogP contribution in [0.3, 0.4) is 0 Å². The number of carbonyl (C=O) groups excluding carboxylic acids is 1. The fraction of sp³-hybridized carbons (Fsp3) is 0.333. The van der Waals surface area contributed by atoms with E-state index in [1.165, 1.54) is 14.2 Å². The fourth-order valence-electron chi connectivity index (χ4n) is 5.12. The molecule has 0 atom stereocenters. The van der Waals surface area contributed by atoms with Gasteiger partial charge in [0.25, 0.3) is 5.91 Å². The quantitative estimate of drug-likeness (QED) is 0.177. The summed E-state index contributed by atoms with van der Waals surface area (Å²) in [5.74, 6) is 0.977. The molecule has 2 heterocycles. The van der Waals surface area contributed by atoms with Crippen molar-refractivity contribution in [1.29, 1.82) is 0 Å². The largest absolute Gasteiger partial charge is 0.492 e. The van der Waals surface area contributed by atoms with Crippen LogP contribution in [0.5, 0.6) is 17.4 Å². The number of amides is 1. The third kappa shape index (κ3) is 7.89. The molecule has 0 bridgehead atoms. The summed E-state index contributed by atoms with van der Waals surface area (Å²) in [5, 5.41) is 8.35. The molecule has 13 nitrogen and oxygen atoms in total. The summed E-state index contributed by atoms with van der Waals surface area (Å²) < 4.78 is 44.1. The smallest absolute Gasteiger partial charge is 0.278 e. The highest BCUT2D eigenvalue weighted by Crippen LogP contribution is 2.39. The van der Waals surface area contributed by atoms with Gasteiger partial charge in [0.2, 0.25) is 21.9 Å². The molecule has 1 amide bonds. The normalized spacial score (nSPS) is 14.1. The van der Waals surface area contributed by atoms with E-state index < -0.39 is 15.9 Å². The maximum Gasteiger partial charge on any atom is 0.278 e. The zero-order chi connectivity index (χ0) is 33.8. The fourth-order valence-corrected chi connectivity index (χ4v) is 5.67. The Morgan fingerprint density at radius 3 is 2.36 bits per heavy atom. The van der Waals surface area contributed by atoms with Gasteiger partial charge < -0.3 is 29.3 Å². The maximum atomic E-state index is 14.0. The molecule has 1 aliphatic rings. The van der Waals surface area contributed by atoms with Crippen LogP contribution in [-0.4, -0.2) is 76.8 Å². The molecule has 4 aromatic rings. The molecule has 0 radical (unpaired) electrons. The molecule has 2 N–H and O–H groups in total. The van der Waals surface area contributed by atoms with E-state index in [4.69, 9.17) is 19.0 Å². The number of nitrogens with zero attached hydrogens (tertiary/aromatic N) is 4. The van der Waals surface area contributed by atoms with E-state index in [2.05, 4.69) is 25.2 Å². The lowest BCUT2D eigenvalue weighted by molar-refractivity contribution is -0.110. The Balaban J connectivity index is 1.51. The van der Waals surface area contributed by atoms with E-state index in [0.29, 0.717) is 60.2 Å². The SMILES string of the molecule is CO/N=C(\C(=O)Nc1cc(C(C)(C)C)cc(NS(C)(=O)=O)c1OC)c1ccc(Oc2ccnc(N3CCOCC3)n2)c2ccccc12. The number of fused-ring (bicyclic) bond motifs is 1. The van der Waals surface area contributed by atoms with Gasteiger partial charge in [-0.1, -0.05) is 50.2 Å². The highest BCUT2D eigenvalue weighted by molar-refractivity contribution is 7.92. The summed E-state index contributed by atoms with van der Waals surface area (Å²) in [6.45, 7) is 8.51. The van der Waals surface area contributed by atoms with Crippen LogP contribution in [0.4, 0.5) is 17.3 Å². The van der Waals surface area contributed by atoms with Gasteiger partial charge in [-0.15, -0.1) is 0 Å². The number of hydrogen-bond donors (Lipinski definition) is 2. The van der Waals surface area contributed by atoms with Gasteiger partial charge >= 0.3 is 0 Å². The van der Waals surface area contributed by atoms with Gasteiger partial charge in [0.15, 0.2) is 11.5 Å². The minimum atomic E-state index is -3.66. The molecular formula is C33H38N6O7S. The molecule has 248 valence electrons. The van der Waals surface area contributed by atoms with E-state index in [0.717, 1.165) is 11.8 Å². The Hall–Kier alpha value is -4.95. The summed E-state index contributed by atoms with van der Waals surface area (Å²) in [4.78, 5) is 30.1. The second kappa shape index (κ2) is 13.8. The van der Waals surface area contributed by atoms with E-state index in [1.807, 2.05) is 49.9 Å². The van der Waals surface area contributed by atoms with Crippen LogP contribution in [0.15, 0.2) is 65.9 Å². The van der Waals surface area contributed by atoms with Crippen molar-refractivity contribution in [2.45, 2.75) is 26.2 Å². The standard InChI is InChI=1S/C33H38N6O7S/c1-33(2,3)21-19-25(30(43-4)26(20-21)38-47(6,41)42)35-31(40)29(37-44-5)24-11-12-27(23-10-8-7-9-22(23)24)46-28-13-14-34-32(36-28)39-15-17-45-18-16-39/h7-14,19-20,38H,15-18H2,1-6H3,(H,35,40)/b37-29-. The van der Waals surface area contributed by atoms with Crippen LogP contribution in [0, 0.1) is 0 Å². The summed E-state index contributed by atoms with van der Waals surface area (Å²) in [6, 6.07) is 16.0. The van der Waals surface area contributed by atoms with Crippen molar-refractivity contribution in [3.8, 4) is 17.4 Å². The predicted molar refractivity (Wildman–Crippen MR) is 181 cm³/mol. The lowest BCUT2D eigenvalue weighted by atomic mass is 9.86. The first kappa shape index (κ1) is 33.4. The predicted octanol–water partition coefficient (Wildman–Crippen LogP) is 4.93. The number of sulfonamides is 1. The summed E-state index contributed by atoms with van der Waals surface area (Å²) in [5.41, 5.74) is 1.28. The van der Waals surface area contributed by atoms with Gasteiger partial charge in [0.05, 0.1) is 38.0 Å². The Morgan fingerprint density at radius 1 is 1.00 bits per heavy atom. The van der Waals surface area contributed by atoms with Gasteiger partial charge in [0, 0.05) is 36.3 Å². The van der Waals surface area contributed by atoms with Crippen molar-refractivity contribution < 1.29 is 32.3 Å². The van der Waals surface area contributed by atoms with E-state index in [1.54, 1.807) is 36.5 Å². The zero-order valence-corrected chi connectivity index (χ0v) is 28.0. The molecule has 14 heteroatoms. The van der Waals surface area contributed by atoms with E-state index >= 15 is 0 Å². The van der Waals surface area contributed by atoms with Crippen molar-refractivity contribution >= 4 is 49.7 Å². The third-order valence-corrected chi connectivity index (χ3v) is 7.96. The minimum absolute atomic E-state index is 0.0206. The number of rotatable bonds is 10. The molecule has 5 rings (SSSR count). The molecule has 0 unspecified atom stereocenters. The van der Waals surface area contributed by atoms with Gasteiger partial charge in [-0.3, -0.25) is 9.52 Å². The number of anilines is 3. The first-order valence-corrected chi connectivity index (χ1v) is 16.8. The van der Waals surface area contributed by atoms with Gasteiger partial charge in [-0.25, -0.2) is 13.4 Å². The third-order valence-electron chi connectivity index (χ3n) is 7.37. The summed E-state index contributed by atoms with van der Waals surface area (Å²) >= 11 is 0. The van der Waals surface area contributed by atoms with Gasteiger partial charge in [-0.2, -0.15) is 4.98 Å². The van der Waals surface area contributed by atoms with Crippen LogP contribution >= 0.6 is 0 Å². The lowest BCUT2D eigenvalue weighted by Gasteiger charge is -2.26. The molecule has 0 saturated carbocycles. The van der Waals surface area contributed by atoms with Crippen LogP contribution in [-0.2, 0) is 29.8 Å². The first-order chi connectivity index (χ1) is 22.4. The summed E-state index contributed by atoms with van der Waals surface area (Å²) in [7, 11) is -0.912. The number of morpholine rings is 1. The van der Waals surface area contributed by atoms with Crippen molar-refractivity contribution in [2.75, 3.05) is 61.7 Å². The monoisotopic (exact) mass is 662 g/mol. The van der Waals surface area contributed by atoms with Gasteiger partial charge in [0.1, 0.15) is 12.9 Å². The molecular weight excluding hydrogens is 624 g/mol.